The highest BCUT2D eigenvalue weighted by molar-refractivity contribution is 7.92. The van der Waals surface area contributed by atoms with E-state index in [1.54, 1.807) is 12.1 Å². The second-order valence-electron chi connectivity index (χ2n) is 7.48. The van der Waals surface area contributed by atoms with Gasteiger partial charge in [0.05, 0.1) is 16.9 Å². The molecule has 0 fully saturated rings. The fourth-order valence-electron chi connectivity index (χ4n) is 3.11. The van der Waals surface area contributed by atoms with Crippen molar-refractivity contribution in [2.75, 3.05) is 12.5 Å². The molecule has 166 valence electrons. The van der Waals surface area contributed by atoms with E-state index in [0.29, 0.717) is 27.8 Å². The maximum absolute atomic E-state index is 13.7. The van der Waals surface area contributed by atoms with Crippen molar-refractivity contribution in [1.82, 2.24) is 9.97 Å². The third-order valence-corrected chi connectivity index (χ3v) is 5.13. The van der Waals surface area contributed by atoms with Gasteiger partial charge in [0.25, 0.3) is 0 Å². The number of aryl methyl sites for hydroxylation is 1. The summed E-state index contributed by atoms with van der Waals surface area (Å²) in [6.07, 6.45) is -2.20. The predicted octanol–water partition coefficient (Wildman–Crippen LogP) is 5.36. The molecule has 5 nitrogen and oxygen atoms in total. The Kier molecular flexibility index (Phi) is 6.22. The van der Waals surface area contributed by atoms with E-state index in [-0.39, 0.29) is 12.2 Å². The summed E-state index contributed by atoms with van der Waals surface area (Å²) in [6, 6.07) is 6.89. The smallest absolute Gasteiger partial charge is 0.425 e. The second kappa shape index (κ2) is 8.41. The molecular weight excluding hydrogens is 434 g/mol. The Morgan fingerprint density at radius 3 is 2.52 bits per heavy atom. The lowest BCUT2D eigenvalue weighted by molar-refractivity contribution is -0.189. The lowest BCUT2D eigenvalue weighted by Crippen LogP contribution is -2.31. The minimum Gasteiger partial charge on any atom is -0.481 e. The molecule has 0 aliphatic rings. The lowest BCUT2D eigenvalue weighted by atomic mass is 10.0. The van der Waals surface area contributed by atoms with Gasteiger partial charge in [0.1, 0.15) is 17.9 Å². The number of benzene rings is 2. The van der Waals surface area contributed by atoms with E-state index in [2.05, 4.69) is 14.3 Å². The summed E-state index contributed by atoms with van der Waals surface area (Å²) >= 11 is 0. The van der Waals surface area contributed by atoms with Gasteiger partial charge >= 0.3 is 6.18 Å². The highest BCUT2D eigenvalue weighted by Crippen LogP contribution is 2.32. The van der Waals surface area contributed by atoms with Crippen LogP contribution in [0, 0.1) is 12.7 Å². The van der Waals surface area contributed by atoms with Crippen LogP contribution in [0.15, 0.2) is 41.0 Å². The molecule has 31 heavy (non-hydrogen) atoms. The van der Waals surface area contributed by atoms with Crippen molar-refractivity contribution in [3.05, 3.63) is 59.3 Å². The zero-order chi connectivity index (χ0) is 23.0. The Bertz CT molecular complexity index is 1240. The summed E-state index contributed by atoms with van der Waals surface area (Å²) in [7, 11) is -2.37. The first kappa shape index (κ1) is 22.9. The Labute approximate surface area is 177 Å². The molecule has 1 atom stereocenters. The number of alkyl halides is 3. The lowest BCUT2D eigenvalue weighted by Gasteiger charge is -2.20. The maximum atomic E-state index is 13.7. The number of hydrogen-bond acceptors (Lipinski definition) is 5. The Morgan fingerprint density at radius 2 is 1.87 bits per heavy atom. The van der Waals surface area contributed by atoms with Gasteiger partial charge in [-0.15, -0.1) is 0 Å². The standard InChI is InChI=1S/C21H21F4N3O2S/c1-12-7-16(28-31(3,4)29)10-18-20(12)17(26-11-27-18)8-14-5-6-15(22)9-19(14)30-13(2)21(23,24)25/h5-7,9-11,13H,8H2,1-4H3/t13-/m0/s1. The number of rotatable bonds is 5. The van der Waals surface area contributed by atoms with Crippen LogP contribution in [0.2, 0.25) is 0 Å². The van der Waals surface area contributed by atoms with Crippen LogP contribution in [0.3, 0.4) is 0 Å². The van der Waals surface area contributed by atoms with Crippen LogP contribution in [0.4, 0.5) is 23.2 Å². The van der Waals surface area contributed by atoms with Gasteiger partial charge in [-0.05, 0) is 37.6 Å². The van der Waals surface area contributed by atoms with Crippen molar-refractivity contribution >= 4 is 26.3 Å². The average Bonchev–Trinajstić information content (AvgIpc) is 2.61. The van der Waals surface area contributed by atoms with Crippen molar-refractivity contribution in [3.63, 3.8) is 0 Å². The predicted molar refractivity (Wildman–Crippen MR) is 112 cm³/mol. The minimum atomic E-state index is -4.58. The first-order chi connectivity index (χ1) is 14.3. The summed E-state index contributed by atoms with van der Waals surface area (Å²) < 4.78 is 73.8. The fourth-order valence-corrected chi connectivity index (χ4v) is 3.73. The van der Waals surface area contributed by atoms with E-state index in [4.69, 9.17) is 4.74 Å². The van der Waals surface area contributed by atoms with Gasteiger partial charge in [0.15, 0.2) is 6.10 Å². The zero-order valence-corrected chi connectivity index (χ0v) is 18.1. The molecule has 1 heterocycles. The Balaban J connectivity index is 2.06. The molecule has 1 aromatic heterocycles. The van der Waals surface area contributed by atoms with E-state index in [1.165, 1.54) is 24.9 Å². The van der Waals surface area contributed by atoms with E-state index in [0.717, 1.165) is 24.6 Å². The van der Waals surface area contributed by atoms with Crippen LogP contribution in [0.1, 0.15) is 23.7 Å². The largest absolute Gasteiger partial charge is 0.481 e. The molecule has 2 aromatic carbocycles. The topological polar surface area (TPSA) is 64.4 Å². The summed E-state index contributed by atoms with van der Waals surface area (Å²) in [5.74, 6) is -0.900. The van der Waals surface area contributed by atoms with Crippen LogP contribution >= 0.6 is 0 Å². The molecule has 0 saturated carbocycles. The van der Waals surface area contributed by atoms with Gasteiger partial charge in [-0.3, -0.25) is 0 Å². The van der Waals surface area contributed by atoms with Gasteiger partial charge in [0, 0.05) is 45.7 Å². The van der Waals surface area contributed by atoms with E-state index in [9.17, 15) is 21.8 Å². The summed E-state index contributed by atoms with van der Waals surface area (Å²) in [5.41, 5.74) is 2.73. The van der Waals surface area contributed by atoms with Gasteiger partial charge in [0.2, 0.25) is 0 Å². The highest BCUT2D eigenvalue weighted by atomic mass is 32.2. The average molecular weight is 455 g/mol. The van der Waals surface area contributed by atoms with Crippen LogP contribution in [-0.4, -0.2) is 39.0 Å². The molecule has 3 aromatic rings. The van der Waals surface area contributed by atoms with Crippen molar-refractivity contribution in [3.8, 4) is 5.75 Å². The van der Waals surface area contributed by atoms with Crippen molar-refractivity contribution in [2.24, 2.45) is 4.36 Å². The highest BCUT2D eigenvalue weighted by Gasteiger charge is 2.38. The van der Waals surface area contributed by atoms with E-state index in [1.807, 2.05) is 6.92 Å². The third-order valence-electron chi connectivity index (χ3n) is 4.48. The van der Waals surface area contributed by atoms with Crippen molar-refractivity contribution in [2.45, 2.75) is 32.5 Å². The maximum Gasteiger partial charge on any atom is 0.425 e. The quantitative estimate of drug-likeness (QED) is 0.486. The molecule has 0 amide bonds. The number of ether oxygens (including phenoxy) is 1. The molecule has 10 heteroatoms. The minimum absolute atomic E-state index is 0.106. The van der Waals surface area contributed by atoms with Gasteiger partial charge in [-0.25, -0.2) is 18.6 Å². The van der Waals surface area contributed by atoms with Crippen LogP contribution in [0.5, 0.6) is 5.75 Å². The molecule has 0 spiro atoms. The van der Waals surface area contributed by atoms with Gasteiger partial charge in [-0.2, -0.15) is 17.5 Å². The monoisotopic (exact) mass is 455 g/mol. The molecule has 0 N–H and O–H groups in total. The van der Waals surface area contributed by atoms with Crippen LogP contribution < -0.4 is 4.74 Å². The normalized spacial score (nSPS) is 13.3. The van der Waals surface area contributed by atoms with Crippen molar-refractivity contribution < 1.29 is 26.5 Å². The summed E-state index contributed by atoms with van der Waals surface area (Å²) in [6.45, 7) is 2.68. The molecule has 0 aliphatic heterocycles. The van der Waals surface area contributed by atoms with Crippen molar-refractivity contribution in [1.29, 1.82) is 0 Å². The number of aromatic nitrogens is 2. The van der Waals surface area contributed by atoms with Gasteiger partial charge < -0.3 is 4.74 Å². The van der Waals surface area contributed by atoms with Gasteiger partial charge in [-0.1, -0.05) is 6.07 Å². The molecule has 0 aliphatic carbocycles. The first-order valence-electron chi connectivity index (χ1n) is 9.26. The van der Waals surface area contributed by atoms with Crippen LogP contribution in [-0.2, 0) is 16.1 Å². The fraction of sp³-hybridized carbons (Fsp3) is 0.333. The molecule has 0 unspecified atom stereocenters. The molecule has 0 radical (unpaired) electrons. The molecular formula is C21H21F4N3O2S. The van der Waals surface area contributed by atoms with E-state index >= 15 is 0 Å². The summed E-state index contributed by atoms with van der Waals surface area (Å²) in [4.78, 5) is 8.54. The second-order valence-corrected chi connectivity index (χ2v) is 10.0. The first-order valence-corrected chi connectivity index (χ1v) is 11.6. The number of nitrogens with zero attached hydrogens (tertiary/aromatic N) is 3. The molecule has 3 rings (SSSR count). The third kappa shape index (κ3) is 5.69. The van der Waals surface area contributed by atoms with Crippen LogP contribution in [0.25, 0.3) is 10.9 Å². The molecule has 0 saturated heterocycles. The SMILES string of the molecule is Cc1cc(N=S(C)(C)=O)cc2ncnc(Cc3ccc(F)cc3O[C@@H](C)C(F)(F)F)c12. The number of fused-ring (bicyclic) bond motifs is 1. The van der Waals surface area contributed by atoms with E-state index < -0.39 is 27.8 Å². The Hall–Kier alpha value is -2.75. The zero-order valence-electron chi connectivity index (χ0n) is 17.3. The number of hydrogen-bond donors (Lipinski definition) is 0. The summed E-state index contributed by atoms with van der Waals surface area (Å²) in [5, 5.41) is 0.694. The number of halogens is 4. The Morgan fingerprint density at radius 1 is 1.16 bits per heavy atom. The molecule has 0 bridgehead atoms.